The molecule has 2 aromatic carbocycles. The predicted molar refractivity (Wildman–Crippen MR) is 85.3 cm³/mol. The molecular formula is C18H19NO3. The SMILES string of the molecule is COc1cccc(-c2ccc3c(c2)C(NC(=O)O)CCC3)c1. The lowest BCUT2D eigenvalue weighted by atomic mass is 9.85. The van der Waals surface area contributed by atoms with Gasteiger partial charge in [0.05, 0.1) is 13.2 Å². The standard InChI is InChI=1S/C18H19NO3/c1-22-15-6-2-5-13(10-15)14-9-8-12-4-3-7-17(16(12)11-14)19-18(20)21/h2,5-6,8-11,17,19H,3-4,7H2,1H3,(H,20,21). The van der Waals surface area contributed by atoms with Crippen molar-refractivity contribution in [3.8, 4) is 16.9 Å². The lowest BCUT2D eigenvalue weighted by Gasteiger charge is -2.26. The van der Waals surface area contributed by atoms with Crippen LogP contribution in [-0.2, 0) is 6.42 Å². The van der Waals surface area contributed by atoms with Crippen molar-refractivity contribution in [2.75, 3.05) is 7.11 Å². The van der Waals surface area contributed by atoms with Gasteiger partial charge in [0.15, 0.2) is 0 Å². The molecule has 4 nitrogen and oxygen atoms in total. The van der Waals surface area contributed by atoms with Crippen LogP contribution in [0.1, 0.15) is 30.0 Å². The molecule has 0 aliphatic heterocycles. The normalized spacial score (nSPS) is 16.7. The van der Waals surface area contributed by atoms with E-state index in [1.807, 2.05) is 24.3 Å². The highest BCUT2D eigenvalue weighted by Gasteiger charge is 2.22. The fourth-order valence-corrected chi connectivity index (χ4v) is 3.08. The third-order valence-electron chi connectivity index (χ3n) is 4.16. The Labute approximate surface area is 129 Å². The van der Waals surface area contributed by atoms with Crippen LogP contribution in [-0.4, -0.2) is 18.3 Å². The second-order valence-electron chi connectivity index (χ2n) is 5.54. The van der Waals surface area contributed by atoms with Gasteiger partial charge in [0.25, 0.3) is 0 Å². The van der Waals surface area contributed by atoms with Crippen LogP contribution in [0.15, 0.2) is 42.5 Å². The third-order valence-corrected chi connectivity index (χ3v) is 4.16. The van der Waals surface area contributed by atoms with Gasteiger partial charge in [0, 0.05) is 0 Å². The zero-order chi connectivity index (χ0) is 15.5. The molecule has 1 aliphatic carbocycles. The molecule has 0 aromatic heterocycles. The van der Waals surface area contributed by atoms with Crippen LogP contribution >= 0.6 is 0 Å². The third kappa shape index (κ3) is 2.91. The van der Waals surface area contributed by atoms with Gasteiger partial charge in [0.1, 0.15) is 5.75 Å². The number of fused-ring (bicyclic) bond motifs is 1. The van der Waals surface area contributed by atoms with Crippen LogP contribution in [0.3, 0.4) is 0 Å². The lowest BCUT2D eigenvalue weighted by molar-refractivity contribution is 0.188. The van der Waals surface area contributed by atoms with E-state index in [-0.39, 0.29) is 6.04 Å². The van der Waals surface area contributed by atoms with Gasteiger partial charge in [-0.1, -0.05) is 24.3 Å². The van der Waals surface area contributed by atoms with Crippen molar-refractivity contribution >= 4 is 6.09 Å². The van der Waals surface area contributed by atoms with E-state index in [4.69, 9.17) is 9.84 Å². The molecule has 0 saturated heterocycles. The van der Waals surface area contributed by atoms with Gasteiger partial charge in [-0.15, -0.1) is 0 Å². The first-order valence-corrected chi connectivity index (χ1v) is 7.44. The number of aryl methyl sites for hydroxylation is 1. The highest BCUT2D eigenvalue weighted by atomic mass is 16.5. The summed E-state index contributed by atoms with van der Waals surface area (Å²) in [5.74, 6) is 0.815. The molecule has 4 heteroatoms. The molecule has 22 heavy (non-hydrogen) atoms. The summed E-state index contributed by atoms with van der Waals surface area (Å²) in [7, 11) is 1.65. The number of hydrogen-bond acceptors (Lipinski definition) is 2. The summed E-state index contributed by atoms with van der Waals surface area (Å²) in [5, 5.41) is 11.6. The molecule has 0 heterocycles. The Kier molecular flexibility index (Phi) is 4.00. The monoisotopic (exact) mass is 297 g/mol. The van der Waals surface area contributed by atoms with Gasteiger partial charge < -0.3 is 15.2 Å². The number of benzene rings is 2. The average Bonchev–Trinajstić information content (AvgIpc) is 2.54. The molecule has 0 fully saturated rings. The fourth-order valence-electron chi connectivity index (χ4n) is 3.08. The summed E-state index contributed by atoms with van der Waals surface area (Å²) in [6.45, 7) is 0. The van der Waals surface area contributed by atoms with E-state index in [0.29, 0.717) is 0 Å². The summed E-state index contributed by atoms with van der Waals surface area (Å²) in [5.41, 5.74) is 4.48. The van der Waals surface area contributed by atoms with E-state index in [1.165, 1.54) is 5.56 Å². The molecule has 114 valence electrons. The van der Waals surface area contributed by atoms with E-state index in [9.17, 15) is 4.79 Å². The Morgan fingerprint density at radius 3 is 2.82 bits per heavy atom. The first kappa shape index (κ1) is 14.4. The second kappa shape index (κ2) is 6.10. The number of ether oxygens (including phenoxy) is 1. The molecule has 0 radical (unpaired) electrons. The molecule has 2 N–H and O–H groups in total. The molecular weight excluding hydrogens is 278 g/mol. The molecule has 1 amide bonds. The molecule has 1 aliphatic rings. The molecule has 2 aromatic rings. The van der Waals surface area contributed by atoms with Crippen molar-refractivity contribution in [3.05, 3.63) is 53.6 Å². The largest absolute Gasteiger partial charge is 0.497 e. The summed E-state index contributed by atoms with van der Waals surface area (Å²) in [6.07, 6.45) is 1.90. The minimum Gasteiger partial charge on any atom is -0.497 e. The number of nitrogens with one attached hydrogen (secondary N) is 1. The smallest absolute Gasteiger partial charge is 0.405 e. The maximum absolute atomic E-state index is 11.0. The van der Waals surface area contributed by atoms with Gasteiger partial charge in [0.2, 0.25) is 0 Å². The Hall–Kier alpha value is -2.49. The molecule has 1 unspecified atom stereocenters. The summed E-state index contributed by atoms with van der Waals surface area (Å²) < 4.78 is 5.27. The number of hydrogen-bond donors (Lipinski definition) is 2. The number of rotatable bonds is 3. The predicted octanol–water partition coefficient (Wildman–Crippen LogP) is 4.01. The fraction of sp³-hybridized carbons (Fsp3) is 0.278. The number of carbonyl (C=O) groups is 1. The summed E-state index contributed by atoms with van der Waals surface area (Å²) in [6, 6.07) is 14.1. The Bertz CT molecular complexity index is 696. The van der Waals surface area contributed by atoms with E-state index in [1.54, 1.807) is 7.11 Å². The highest BCUT2D eigenvalue weighted by Crippen LogP contribution is 2.34. The zero-order valence-corrected chi connectivity index (χ0v) is 12.5. The minimum absolute atomic E-state index is 0.119. The molecule has 0 spiro atoms. The van der Waals surface area contributed by atoms with E-state index < -0.39 is 6.09 Å². The lowest BCUT2D eigenvalue weighted by Crippen LogP contribution is -2.29. The van der Waals surface area contributed by atoms with E-state index >= 15 is 0 Å². The maximum Gasteiger partial charge on any atom is 0.405 e. The highest BCUT2D eigenvalue weighted by molar-refractivity contribution is 5.68. The van der Waals surface area contributed by atoms with Crippen molar-refractivity contribution < 1.29 is 14.6 Å². The molecule has 0 bridgehead atoms. The Morgan fingerprint density at radius 1 is 1.23 bits per heavy atom. The van der Waals surface area contributed by atoms with Crippen LogP contribution < -0.4 is 10.1 Å². The van der Waals surface area contributed by atoms with Crippen molar-refractivity contribution in [3.63, 3.8) is 0 Å². The van der Waals surface area contributed by atoms with Crippen LogP contribution in [0.5, 0.6) is 5.75 Å². The van der Waals surface area contributed by atoms with Gasteiger partial charge in [-0.3, -0.25) is 0 Å². The van der Waals surface area contributed by atoms with Crippen LogP contribution in [0.4, 0.5) is 4.79 Å². The minimum atomic E-state index is -0.968. The van der Waals surface area contributed by atoms with Crippen molar-refractivity contribution in [1.82, 2.24) is 5.32 Å². The summed E-state index contributed by atoms with van der Waals surface area (Å²) in [4.78, 5) is 11.0. The Morgan fingerprint density at radius 2 is 2.05 bits per heavy atom. The molecule has 3 rings (SSSR count). The number of carboxylic acid groups (broad SMARTS) is 1. The first-order valence-electron chi connectivity index (χ1n) is 7.44. The number of methoxy groups -OCH3 is 1. The van der Waals surface area contributed by atoms with Gasteiger partial charge in [-0.25, -0.2) is 4.79 Å². The first-order chi connectivity index (χ1) is 10.7. The van der Waals surface area contributed by atoms with Crippen LogP contribution in [0, 0.1) is 0 Å². The van der Waals surface area contributed by atoms with Crippen LogP contribution in [0.2, 0.25) is 0 Å². The van der Waals surface area contributed by atoms with Crippen molar-refractivity contribution in [1.29, 1.82) is 0 Å². The van der Waals surface area contributed by atoms with Gasteiger partial charge >= 0.3 is 6.09 Å². The maximum atomic E-state index is 11.0. The van der Waals surface area contributed by atoms with E-state index in [0.717, 1.165) is 41.7 Å². The van der Waals surface area contributed by atoms with Gasteiger partial charge in [-0.2, -0.15) is 0 Å². The zero-order valence-electron chi connectivity index (χ0n) is 12.5. The van der Waals surface area contributed by atoms with Crippen LogP contribution in [0.25, 0.3) is 11.1 Å². The molecule has 1 atom stereocenters. The number of amides is 1. The van der Waals surface area contributed by atoms with Crippen molar-refractivity contribution in [2.45, 2.75) is 25.3 Å². The quantitative estimate of drug-likeness (QED) is 0.900. The molecule has 0 saturated carbocycles. The summed E-state index contributed by atoms with van der Waals surface area (Å²) >= 11 is 0. The topological polar surface area (TPSA) is 58.6 Å². The average molecular weight is 297 g/mol. The van der Waals surface area contributed by atoms with E-state index in [2.05, 4.69) is 23.5 Å². The second-order valence-corrected chi connectivity index (χ2v) is 5.54. The Balaban J connectivity index is 1.99. The van der Waals surface area contributed by atoms with Crippen molar-refractivity contribution in [2.24, 2.45) is 0 Å². The van der Waals surface area contributed by atoms with Gasteiger partial charge in [-0.05, 0) is 59.7 Å².